The zero-order valence-electron chi connectivity index (χ0n) is 14.5. The van der Waals surface area contributed by atoms with Crippen LogP contribution in [0.1, 0.15) is 24.8 Å². The highest BCUT2D eigenvalue weighted by atomic mass is 16.2. The van der Waals surface area contributed by atoms with Gasteiger partial charge >= 0.3 is 0 Å². The second-order valence-corrected chi connectivity index (χ2v) is 6.82. The summed E-state index contributed by atoms with van der Waals surface area (Å²) in [6.45, 7) is 6.73. The third-order valence-corrected chi connectivity index (χ3v) is 5.08. The Balaban J connectivity index is 1.42. The predicted octanol–water partition coefficient (Wildman–Crippen LogP) is 2.23. The maximum absolute atomic E-state index is 12.7. The van der Waals surface area contributed by atoms with Crippen molar-refractivity contribution in [3.05, 3.63) is 42.0 Å². The summed E-state index contributed by atoms with van der Waals surface area (Å²) in [5.41, 5.74) is 1.24. The van der Waals surface area contributed by atoms with Crippen molar-refractivity contribution in [1.82, 2.24) is 15.1 Å². The van der Waals surface area contributed by atoms with Crippen LogP contribution in [0.5, 0.6) is 0 Å². The van der Waals surface area contributed by atoms with Crippen molar-refractivity contribution in [3.8, 4) is 0 Å². The molecular formula is C20H29N3O. The lowest BCUT2D eigenvalue weighted by Gasteiger charge is -2.36. The van der Waals surface area contributed by atoms with Crippen molar-refractivity contribution in [2.45, 2.75) is 19.3 Å². The first kappa shape index (κ1) is 17.2. The monoisotopic (exact) mass is 327 g/mol. The molecule has 1 aromatic rings. The van der Waals surface area contributed by atoms with Gasteiger partial charge in [-0.3, -0.25) is 9.69 Å². The molecule has 2 aliphatic rings. The number of nitrogens with zero attached hydrogens (tertiary/aromatic N) is 2. The molecule has 0 spiro atoms. The molecule has 2 fully saturated rings. The van der Waals surface area contributed by atoms with E-state index < -0.39 is 0 Å². The topological polar surface area (TPSA) is 35.6 Å². The predicted molar refractivity (Wildman–Crippen MR) is 98.7 cm³/mol. The van der Waals surface area contributed by atoms with E-state index in [1.807, 2.05) is 6.07 Å². The largest absolute Gasteiger partial charge is 0.340 e. The Hall–Kier alpha value is -1.65. The molecule has 1 N–H and O–H groups in total. The van der Waals surface area contributed by atoms with Crippen LogP contribution < -0.4 is 5.32 Å². The van der Waals surface area contributed by atoms with Gasteiger partial charge in [0.15, 0.2) is 0 Å². The lowest BCUT2D eigenvalue weighted by Crippen LogP contribution is -2.50. The van der Waals surface area contributed by atoms with E-state index in [4.69, 9.17) is 0 Å². The van der Waals surface area contributed by atoms with Gasteiger partial charge in [0, 0.05) is 38.6 Å². The number of carbonyl (C=O) groups excluding carboxylic acids is 1. The zero-order chi connectivity index (χ0) is 16.6. The molecule has 3 rings (SSSR count). The molecule has 4 nitrogen and oxygen atoms in total. The van der Waals surface area contributed by atoms with Crippen LogP contribution in [-0.4, -0.2) is 61.5 Å². The molecule has 2 aliphatic heterocycles. The summed E-state index contributed by atoms with van der Waals surface area (Å²) in [5, 5.41) is 3.39. The lowest BCUT2D eigenvalue weighted by molar-refractivity contribution is -0.137. The summed E-state index contributed by atoms with van der Waals surface area (Å²) < 4.78 is 0. The SMILES string of the molecule is O=C(C1CCCNCC1)N1CCN(C/C=C/c2ccccc2)CC1. The molecule has 0 aromatic heterocycles. The summed E-state index contributed by atoms with van der Waals surface area (Å²) in [6, 6.07) is 10.4. The fraction of sp³-hybridized carbons (Fsp3) is 0.550. The van der Waals surface area contributed by atoms with E-state index in [2.05, 4.69) is 51.5 Å². The molecule has 1 unspecified atom stereocenters. The van der Waals surface area contributed by atoms with Crippen molar-refractivity contribution in [2.75, 3.05) is 45.8 Å². The first-order chi connectivity index (χ1) is 11.8. The third-order valence-electron chi connectivity index (χ3n) is 5.08. The summed E-state index contributed by atoms with van der Waals surface area (Å²) in [5.74, 6) is 0.628. The van der Waals surface area contributed by atoms with Gasteiger partial charge in [-0.15, -0.1) is 0 Å². The Morgan fingerprint density at radius 1 is 1.08 bits per heavy atom. The molecule has 4 heteroatoms. The van der Waals surface area contributed by atoms with Crippen LogP contribution in [-0.2, 0) is 4.79 Å². The van der Waals surface area contributed by atoms with Crippen LogP contribution in [0, 0.1) is 5.92 Å². The second-order valence-electron chi connectivity index (χ2n) is 6.82. The van der Waals surface area contributed by atoms with E-state index in [9.17, 15) is 4.79 Å². The maximum atomic E-state index is 12.7. The van der Waals surface area contributed by atoms with Crippen LogP contribution >= 0.6 is 0 Å². The Labute approximate surface area is 145 Å². The van der Waals surface area contributed by atoms with Gasteiger partial charge in [-0.1, -0.05) is 42.5 Å². The molecule has 1 atom stereocenters. The van der Waals surface area contributed by atoms with Gasteiger partial charge in [0.1, 0.15) is 0 Å². The van der Waals surface area contributed by atoms with Gasteiger partial charge in [0.25, 0.3) is 0 Å². The molecule has 2 heterocycles. The van der Waals surface area contributed by atoms with Gasteiger partial charge in [-0.25, -0.2) is 0 Å². The van der Waals surface area contributed by atoms with Crippen LogP contribution in [0.3, 0.4) is 0 Å². The molecule has 0 aliphatic carbocycles. The summed E-state index contributed by atoms with van der Waals surface area (Å²) in [7, 11) is 0. The first-order valence-electron chi connectivity index (χ1n) is 9.26. The van der Waals surface area contributed by atoms with E-state index in [-0.39, 0.29) is 5.92 Å². The second kappa shape index (κ2) is 9.00. The Bertz CT molecular complexity index is 527. The minimum atomic E-state index is 0.240. The number of hydrogen-bond donors (Lipinski definition) is 1. The van der Waals surface area contributed by atoms with Crippen molar-refractivity contribution in [3.63, 3.8) is 0 Å². The van der Waals surface area contributed by atoms with E-state index in [0.717, 1.165) is 65.1 Å². The third kappa shape index (κ3) is 4.92. The number of piperazine rings is 1. The molecule has 24 heavy (non-hydrogen) atoms. The minimum Gasteiger partial charge on any atom is -0.340 e. The summed E-state index contributed by atoms with van der Waals surface area (Å²) >= 11 is 0. The van der Waals surface area contributed by atoms with E-state index in [1.54, 1.807) is 0 Å². The zero-order valence-corrected chi connectivity index (χ0v) is 14.5. The molecule has 1 aromatic carbocycles. The Morgan fingerprint density at radius 2 is 1.88 bits per heavy atom. The lowest BCUT2D eigenvalue weighted by atomic mass is 9.98. The number of rotatable bonds is 4. The molecule has 0 bridgehead atoms. The maximum Gasteiger partial charge on any atom is 0.225 e. The van der Waals surface area contributed by atoms with E-state index >= 15 is 0 Å². The van der Waals surface area contributed by atoms with Gasteiger partial charge in [-0.05, 0) is 37.9 Å². The average molecular weight is 327 g/mol. The van der Waals surface area contributed by atoms with Gasteiger partial charge in [0.05, 0.1) is 0 Å². The standard InChI is InChI=1S/C20H29N3O/c24-20(19-9-4-11-21-12-10-19)23-16-14-22(15-17-23)13-5-8-18-6-2-1-3-7-18/h1-3,5-8,19,21H,4,9-17H2/b8-5+. The van der Waals surface area contributed by atoms with Crippen LogP contribution in [0.15, 0.2) is 36.4 Å². The van der Waals surface area contributed by atoms with Gasteiger partial charge < -0.3 is 10.2 Å². The number of hydrogen-bond acceptors (Lipinski definition) is 3. The van der Waals surface area contributed by atoms with Crippen molar-refractivity contribution in [2.24, 2.45) is 5.92 Å². The molecule has 0 saturated carbocycles. The minimum absolute atomic E-state index is 0.240. The Morgan fingerprint density at radius 3 is 2.67 bits per heavy atom. The number of amides is 1. The van der Waals surface area contributed by atoms with Gasteiger partial charge in [0.2, 0.25) is 5.91 Å². The fourth-order valence-corrected chi connectivity index (χ4v) is 3.58. The van der Waals surface area contributed by atoms with E-state index in [1.165, 1.54) is 5.56 Å². The molecular weight excluding hydrogens is 298 g/mol. The summed E-state index contributed by atoms with van der Waals surface area (Å²) in [6.07, 6.45) is 7.57. The smallest absolute Gasteiger partial charge is 0.225 e. The quantitative estimate of drug-likeness (QED) is 0.921. The fourth-order valence-electron chi connectivity index (χ4n) is 3.58. The normalized spacial score (nSPS) is 23.3. The molecule has 0 radical (unpaired) electrons. The van der Waals surface area contributed by atoms with E-state index in [0.29, 0.717) is 5.91 Å². The van der Waals surface area contributed by atoms with Gasteiger partial charge in [-0.2, -0.15) is 0 Å². The van der Waals surface area contributed by atoms with Crippen LogP contribution in [0.2, 0.25) is 0 Å². The van der Waals surface area contributed by atoms with Crippen LogP contribution in [0.4, 0.5) is 0 Å². The van der Waals surface area contributed by atoms with Crippen molar-refractivity contribution < 1.29 is 4.79 Å². The number of benzene rings is 1. The highest BCUT2D eigenvalue weighted by molar-refractivity contribution is 5.79. The Kier molecular flexibility index (Phi) is 6.44. The summed E-state index contributed by atoms with van der Waals surface area (Å²) in [4.78, 5) is 17.2. The first-order valence-corrected chi connectivity index (χ1v) is 9.26. The molecule has 1 amide bonds. The highest BCUT2D eigenvalue weighted by Gasteiger charge is 2.27. The average Bonchev–Trinajstić information content (AvgIpc) is 2.92. The molecule has 130 valence electrons. The molecule has 2 saturated heterocycles. The van der Waals surface area contributed by atoms with Crippen LogP contribution in [0.25, 0.3) is 6.08 Å². The number of nitrogens with one attached hydrogen (secondary N) is 1. The highest BCUT2D eigenvalue weighted by Crippen LogP contribution is 2.18. The van der Waals surface area contributed by atoms with Crippen molar-refractivity contribution in [1.29, 1.82) is 0 Å². The van der Waals surface area contributed by atoms with Crippen molar-refractivity contribution >= 4 is 12.0 Å². The number of carbonyl (C=O) groups is 1.